The standard InChI is InChI=1S/C23H22FN3O4/c1-14(27-22(30)16-6-2-3-7-17(16)23(27)31)21(29)26-12-10-15(11-13-26)25-20(28)18-8-4-5-9-19(18)24/h2-9,14-15H,10-13H2,1H3,(H,25,28). The fourth-order valence-corrected chi connectivity index (χ4v) is 4.09. The summed E-state index contributed by atoms with van der Waals surface area (Å²) in [5.41, 5.74) is 0.601. The van der Waals surface area contributed by atoms with E-state index in [1.54, 1.807) is 42.2 Å². The van der Waals surface area contributed by atoms with Crippen LogP contribution in [0.25, 0.3) is 0 Å². The molecule has 2 aliphatic rings. The first-order chi connectivity index (χ1) is 14.9. The van der Waals surface area contributed by atoms with Gasteiger partial charge in [0, 0.05) is 19.1 Å². The van der Waals surface area contributed by atoms with Gasteiger partial charge in [0.2, 0.25) is 5.91 Å². The number of hydrogen-bond acceptors (Lipinski definition) is 4. The topological polar surface area (TPSA) is 86.8 Å². The molecule has 2 aromatic rings. The number of imide groups is 1. The molecular formula is C23H22FN3O4. The van der Waals surface area contributed by atoms with Crippen molar-refractivity contribution in [2.75, 3.05) is 13.1 Å². The van der Waals surface area contributed by atoms with E-state index in [4.69, 9.17) is 0 Å². The van der Waals surface area contributed by atoms with Gasteiger partial charge in [0.25, 0.3) is 17.7 Å². The molecule has 31 heavy (non-hydrogen) atoms. The molecule has 160 valence electrons. The van der Waals surface area contributed by atoms with Crippen molar-refractivity contribution < 1.29 is 23.6 Å². The normalized spacial score (nSPS) is 17.5. The van der Waals surface area contributed by atoms with Crippen molar-refractivity contribution in [3.8, 4) is 0 Å². The second-order valence-corrected chi connectivity index (χ2v) is 7.75. The molecule has 2 heterocycles. The van der Waals surface area contributed by atoms with E-state index in [0.717, 1.165) is 4.90 Å². The van der Waals surface area contributed by atoms with E-state index in [2.05, 4.69) is 5.32 Å². The Morgan fingerprint density at radius 1 is 0.968 bits per heavy atom. The molecule has 7 nitrogen and oxygen atoms in total. The molecule has 1 atom stereocenters. The smallest absolute Gasteiger partial charge is 0.262 e. The first-order valence-corrected chi connectivity index (χ1v) is 10.2. The highest BCUT2D eigenvalue weighted by molar-refractivity contribution is 6.22. The summed E-state index contributed by atoms with van der Waals surface area (Å²) >= 11 is 0. The Balaban J connectivity index is 1.35. The molecule has 1 N–H and O–H groups in total. The highest BCUT2D eigenvalue weighted by atomic mass is 19.1. The minimum Gasteiger partial charge on any atom is -0.349 e. The van der Waals surface area contributed by atoms with Crippen LogP contribution in [-0.2, 0) is 4.79 Å². The predicted octanol–water partition coefficient (Wildman–Crippen LogP) is 2.23. The lowest BCUT2D eigenvalue weighted by Gasteiger charge is -2.35. The Bertz CT molecular complexity index is 1030. The second kappa shape index (κ2) is 8.29. The molecule has 0 radical (unpaired) electrons. The molecule has 4 amide bonds. The zero-order chi connectivity index (χ0) is 22.1. The molecule has 0 spiro atoms. The van der Waals surface area contributed by atoms with Crippen LogP contribution in [0, 0.1) is 5.82 Å². The number of likely N-dealkylation sites (tertiary alicyclic amines) is 1. The molecule has 4 rings (SSSR count). The summed E-state index contributed by atoms with van der Waals surface area (Å²) in [6.45, 7) is 2.29. The zero-order valence-electron chi connectivity index (χ0n) is 17.0. The summed E-state index contributed by atoms with van der Waals surface area (Å²) in [5, 5.41) is 2.81. The molecule has 8 heteroatoms. The van der Waals surface area contributed by atoms with Crippen LogP contribution in [0.1, 0.15) is 50.8 Å². The molecule has 0 saturated carbocycles. The van der Waals surface area contributed by atoms with Gasteiger partial charge in [-0.25, -0.2) is 4.39 Å². The van der Waals surface area contributed by atoms with E-state index < -0.39 is 29.6 Å². The third-order valence-electron chi connectivity index (χ3n) is 5.83. The van der Waals surface area contributed by atoms with Crippen molar-refractivity contribution in [3.05, 3.63) is 71.0 Å². The summed E-state index contributed by atoms with van der Waals surface area (Å²) in [5.74, 6) is -2.31. The number of carbonyl (C=O) groups is 4. The molecule has 1 unspecified atom stereocenters. The lowest BCUT2D eigenvalue weighted by Crippen LogP contribution is -2.53. The minimum atomic E-state index is -0.919. The Labute approximate surface area is 178 Å². The van der Waals surface area contributed by atoms with Crippen LogP contribution >= 0.6 is 0 Å². The number of fused-ring (bicyclic) bond motifs is 1. The van der Waals surface area contributed by atoms with E-state index in [0.29, 0.717) is 37.1 Å². The summed E-state index contributed by atoms with van der Waals surface area (Å²) in [6.07, 6.45) is 1.00. The summed E-state index contributed by atoms with van der Waals surface area (Å²) < 4.78 is 13.8. The van der Waals surface area contributed by atoms with Crippen molar-refractivity contribution in [1.29, 1.82) is 0 Å². The Morgan fingerprint density at radius 2 is 1.52 bits per heavy atom. The van der Waals surface area contributed by atoms with Crippen LogP contribution in [0.4, 0.5) is 4.39 Å². The lowest BCUT2D eigenvalue weighted by atomic mass is 10.0. The van der Waals surface area contributed by atoms with Crippen LogP contribution in [-0.4, -0.2) is 58.6 Å². The number of benzene rings is 2. The Hall–Kier alpha value is -3.55. The van der Waals surface area contributed by atoms with Crippen molar-refractivity contribution in [2.45, 2.75) is 31.8 Å². The zero-order valence-corrected chi connectivity index (χ0v) is 17.0. The van der Waals surface area contributed by atoms with Crippen LogP contribution in [0.15, 0.2) is 48.5 Å². The number of nitrogens with one attached hydrogen (secondary N) is 1. The molecule has 2 aromatic carbocycles. The van der Waals surface area contributed by atoms with Crippen molar-refractivity contribution in [3.63, 3.8) is 0 Å². The Kier molecular flexibility index (Phi) is 5.54. The van der Waals surface area contributed by atoms with E-state index in [-0.39, 0.29) is 17.5 Å². The van der Waals surface area contributed by atoms with E-state index in [1.807, 2.05) is 0 Å². The maximum atomic E-state index is 13.8. The first-order valence-electron chi connectivity index (χ1n) is 10.2. The van der Waals surface area contributed by atoms with E-state index in [9.17, 15) is 23.6 Å². The Morgan fingerprint density at radius 3 is 2.10 bits per heavy atom. The molecule has 0 bridgehead atoms. The third-order valence-corrected chi connectivity index (χ3v) is 5.83. The number of rotatable bonds is 4. The number of amides is 4. The maximum absolute atomic E-state index is 13.8. The quantitative estimate of drug-likeness (QED) is 0.764. The number of carbonyl (C=O) groups excluding carboxylic acids is 4. The minimum absolute atomic E-state index is 0.0137. The van der Waals surface area contributed by atoms with Gasteiger partial charge < -0.3 is 10.2 Å². The summed E-state index contributed by atoms with van der Waals surface area (Å²) in [4.78, 5) is 53.1. The SMILES string of the molecule is CC(C(=O)N1CCC(NC(=O)c2ccccc2F)CC1)N1C(=O)c2ccccc2C1=O. The molecule has 0 aliphatic carbocycles. The van der Waals surface area contributed by atoms with Crippen LogP contribution in [0.2, 0.25) is 0 Å². The molecule has 0 aromatic heterocycles. The number of halogens is 1. The van der Waals surface area contributed by atoms with Gasteiger partial charge in [-0.2, -0.15) is 0 Å². The fourth-order valence-electron chi connectivity index (χ4n) is 4.09. The largest absolute Gasteiger partial charge is 0.349 e. The van der Waals surface area contributed by atoms with Gasteiger partial charge in [-0.3, -0.25) is 24.1 Å². The molecule has 1 fully saturated rings. The third kappa shape index (κ3) is 3.81. The maximum Gasteiger partial charge on any atom is 0.262 e. The van der Waals surface area contributed by atoms with Gasteiger partial charge in [-0.05, 0) is 44.0 Å². The van der Waals surface area contributed by atoms with Crippen molar-refractivity contribution in [1.82, 2.24) is 15.1 Å². The molecule has 2 aliphatic heterocycles. The lowest BCUT2D eigenvalue weighted by molar-refractivity contribution is -0.136. The van der Waals surface area contributed by atoms with Crippen LogP contribution in [0.5, 0.6) is 0 Å². The highest BCUT2D eigenvalue weighted by Gasteiger charge is 2.42. The van der Waals surface area contributed by atoms with E-state index in [1.165, 1.54) is 18.2 Å². The van der Waals surface area contributed by atoms with Gasteiger partial charge in [-0.15, -0.1) is 0 Å². The fraction of sp³-hybridized carbons (Fsp3) is 0.304. The van der Waals surface area contributed by atoms with Crippen LogP contribution < -0.4 is 5.32 Å². The number of hydrogen-bond donors (Lipinski definition) is 1. The van der Waals surface area contributed by atoms with Gasteiger partial charge in [0.15, 0.2) is 0 Å². The monoisotopic (exact) mass is 423 g/mol. The average molecular weight is 423 g/mol. The van der Waals surface area contributed by atoms with Gasteiger partial charge in [0.05, 0.1) is 16.7 Å². The highest BCUT2D eigenvalue weighted by Crippen LogP contribution is 2.25. The predicted molar refractivity (Wildman–Crippen MR) is 110 cm³/mol. The second-order valence-electron chi connectivity index (χ2n) is 7.75. The summed E-state index contributed by atoms with van der Waals surface area (Å²) in [6, 6.07) is 11.2. The van der Waals surface area contributed by atoms with Gasteiger partial charge in [-0.1, -0.05) is 24.3 Å². The summed E-state index contributed by atoms with van der Waals surface area (Å²) in [7, 11) is 0. The van der Waals surface area contributed by atoms with Crippen molar-refractivity contribution >= 4 is 23.6 Å². The van der Waals surface area contributed by atoms with Crippen molar-refractivity contribution in [2.24, 2.45) is 0 Å². The number of nitrogens with zero attached hydrogens (tertiary/aromatic N) is 2. The van der Waals surface area contributed by atoms with E-state index >= 15 is 0 Å². The van der Waals surface area contributed by atoms with Gasteiger partial charge >= 0.3 is 0 Å². The molecule has 1 saturated heterocycles. The number of piperidine rings is 1. The molecular weight excluding hydrogens is 401 g/mol. The first kappa shape index (κ1) is 20.7. The average Bonchev–Trinajstić information content (AvgIpc) is 3.04. The van der Waals surface area contributed by atoms with Gasteiger partial charge in [0.1, 0.15) is 11.9 Å². The van der Waals surface area contributed by atoms with Crippen LogP contribution in [0.3, 0.4) is 0 Å².